The van der Waals surface area contributed by atoms with Gasteiger partial charge >= 0.3 is 0 Å². The van der Waals surface area contributed by atoms with Crippen LogP contribution >= 0.6 is 0 Å². The molecule has 4 aliphatic rings. The molecule has 4 atom stereocenters. The maximum Gasteiger partial charge on any atom is 0.127 e. The number of nitrogens with zero attached hydrogens (tertiary/aromatic N) is 1. The lowest BCUT2D eigenvalue weighted by Gasteiger charge is -2.57. The Morgan fingerprint density at radius 3 is 1.78 bits per heavy atom. The first-order valence-electron chi connectivity index (χ1n) is 19.1. The van der Waals surface area contributed by atoms with Gasteiger partial charge in [-0.3, -0.25) is 0 Å². The molecular formula is C43H71NSi. The van der Waals surface area contributed by atoms with Gasteiger partial charge in [-0.2, -0.15) is 0 Å². The lowest BCUT2D eigenvalue weighted by Crippen LogP contribution is -2.67. The van der Waals surface area contributed by atoms with Crippen LogP contribution in [-0.4, -0.2) is 23.9 Å². The summed E-state index contributed by atoms with van der Waals surface area (Å²) >= 11 is 0. The van der Waals surface area contributed by atoms with Crippen molar-refractivity contribution in [3.05, 3.63) is 52.1 Å². The molecule has 0 amide bonds. The maximum atomic E-state index is 3.01. The van der Waals surface area contributed by atoms with E-state index in [-0.39, 0.29) is 27.3 Å². The molecule has 0 spiro atoms. The Balaban J connectivity index is 1.74. The first-order chi connectivity index (χ1) is 20.6. The lowest BCUT2D eigenvalue weighted by atomic mass is 9.61. The van der Waals surface area contributed by atoms with E-state index in [1.54, 1.807) is 33.4 Å². The minimum atomic E-state index is -1.86. The Labute approximate surface area is 281 Å². The fraction of sp³-hybridized carbons (Fsp3) is 0.767. The number of hydrogen-bond acceptors (Lipinski definition) is 1. The Morgan fingerprint density at radius 1 is 0.778 bits per heavy atom. The third-order valence-electron chi connectivity index (χ3n) is 13.2. The van der Waals surface area contributed by atoms with Crippen molar-refractivity contribution in [1.29, 1.82) is 0 Å². The van der Waals surface area contributed by atoms with Crippen LogP contribution in [0.2, 0.25) is 18.6 Å². The highest BCUT2D eigenvalue weighted by molar-refractivity contribution is 6.76. The predicted molar refractivity (Wildman–Crippen MR) is 202 cm³/mol. The Hall–Kier alpha value is -1.12. The molecule has 1 nitrogen and oxygen atoms in total. The Kier molecular flexibility index (Phi) is 8.99. The summed E-state index contributed by atoms with van der Waals surface area (Å²) in [4.78, 5) is 0. The van der Waals surface area contributed by atoms with E-state index in [1.807, 2.05) is 0 Å². The van der Waals surface area contributed by atoms with Crippen molar-refractivity contribution in [2.24, 2.45) is 17.8 Å². The summed E-state index contributed by atoms with van der Waals surface area (Å²) in [5.41, 5.74) is 11.7. The van der Waals surface area contributed by atoms with Crippen LogP contribution in [0.3, 0.4) is 0 Å². The Bertz CT molecular complexity index is 1320. The minimum absolute atomic E-state index is 0.156. The van der Waals surface area contributed by atoms with Gasteiger partial charge in [0.05, 0.1) is 0 Å². The molecule has 5 rings (SSSR count). The van der Waals surface area contributed by atoms with Gasteiger partial charge in [0.25, 0.3) is 0 Å². The van der Waals surface area contributed by atoms with E-state index in [4.69, 9.17) is 0 Å². The molecule has 0 aromatic heterocycles. The van der Waals surface area contributed by atoms with Gasteiger partial charge in [-0.05, 0) is 141 Å². The van der Waals surface area contributed by atoms with Crippen molar-refractivity contribution >= 4 is 13.8 Å². The highest BCUT2D eigenvalue weighted by Crippen LogP contribution is 2.64. The molecule has 1 saturated carbocycles. The van der Waals surface area contributed by atoms with Crippen molar-refractivity contribution in [2.75, 3.05) is 0 Å². The number of allylic oxidation sites excluding steroid dienone is 4. The SMILES string of the molecule is CCCCC1(CCCC)C2=CC3C(C=C2c2cc4c(cc21)C(C)(C)CCC4(C)C)CC(C)C3[Si](C)(C)N(C(C)(C)C)C(C)(C)C. The summed E-state index contributed by atoms with van der Waals surface area (Å²) in [6, 6.07) is 5.52. The van der Waals surface area contributed by atoms with Crippen LogP contribution in [0.4, 0.5) is 0 Å². The van der Waals surface area contributed by atoms with E-state index in [9.17, 15) is 0 Å². The highest BCUT2D eigenvalue weighted by atomic mass is 28.3. The molecule has 0 bridgehead atoms. The van der Waals surface area contributed by atoms with Crippen LogP contribution in [0.5, 0.6) is 0 Å². The molecule has 1 fully saturated rings. The highest BCUT2D eigenvalue weighted by Gasteiger charge is 2.57. The number of benzene rings is 1. The predicted octanol–water partition coefficient (Wildman–Crippen LogP) is 12.7. The third-order valence-corrected chi connectivity index (χ3v) is 18.2. The van der Waals surface area contributed by atoms with Crippen molar-refractivity contribution in [2.45, 2.75) is 194 Å². The minimum Gasteiger partial charge on any atom is -0.314 e. The van der Waals surface area contributed by atoms with Gasteiger partial charge in [-0.25, -0.2) is 0 Å². The van der Waals surface area contributed by atoms with Gasteiger partial charge in [-0.1, -0.05) is 112 Å². The summed E-state index contributed by atoms with van der Waals surface area (Å²) in [5.74, 6) is 2.08. The monoisotopic (exact) mass is 630 g/mol. The number of fused-ring (bicyclic) bond motifs is 5. The van der Waals surface area contributed by atoms with Gasteiger partial charge in [0.2, 0.25) is 0 Å². The van der Waals surface area contributed by atoms with Gasteiger partial charge in [0.1, 0.15) is 8.24 Å². The van der Waals surface area contributed by atoms with Crippen LogP contribution in [0.15, 0.2) is 29.9 Å². The zero-order valence-corrected chi connectivity index (χ0v) is 33.4. The zero-order chi connectivity index (χ0) is 33.5. The van der Waals surface area contributed by atoms with Crippen LogP contribution in [0, 0.1) is 17.8 Å². The zero-order valence-electron chi connectivity index (χ0n) is 32.4. The molecule has 4 unspecified atom stereocenters. The van der Waals surface area contributed by atoms with Crippen molar-refractivity contribution in [3.8, 4) is 0 Å². The van der Waals surface area contributed by atoms with E-state index in [0.717, 1.165) is 11.5 Å². The first kappa shape index (κ1) is 35.2. The summed E-state index contributed by atoms with van der Waals surface area (Å²) < 4.78 is 3.01. The average Bonchev–Trinajstić information content (AvgIpc) is 3.36. The standard InChI is InChI=1S/C43H71NSi/c1-16-18-20-43(21-19-17-2)34-26-31-30(24-29(3)38(31)45(14,15)44(39(4,5)6)40(7,8)9)25-32(34)33-27-36-37(28-35(33)43)42(12,13)23-22-41(36,10)11/h25-31,38H,16-24H2,1-15H3. The largest absolute Gasteiger partial charge is 0.314 e. The van der Waals surface area contributed by atoms with E-state index in [2.05, 4.69) is 132 Å². The normalized spacial score (nSPS) is 28.3. The molecule has 0 heterocycles. The van der Waals surface area contributed by atoms with Crippen molar-refractivity contribution < 1.29 is 0 Å². The molecule has 0 saturated heterocycles. The molecule has 4 aliphatic carbocycles. The molecular weight excluding hydrogens is 559 g/mol. The lowest BCUT2D eigenvalue weighted by molar-refractivity contribution is 0.121. The summed E-state index contributed by atoms with van der Waals surface area (Å²) in [5, 5.41) is 0. The second-order valence-electron chi connectivity index (χ2n) is 20.0. The second kappa shape index (κ2) is 11.5. The van der Waals surface area contributed by atoms with E-state index in [0.29, 0.717) is 11.8 Å². The van der Waals surface area contributed by atoms with Gasteiger partial charge in [0.15, 0.2) is 0 Å². The number of unbranched alkanes of at least 4 members (excludes halogenated alkanes) is 2. The average molecular weight is 630 g/mol. The van der Waals surface area contributed by atoms with Gasteiger partial charge < -0.3 is 4.57 Å². The number of rotatable bonds is 8. The summed E-state index contributed by atoms with van der Waals surface area (Å²) in [6.07, 6.45) is 17.5. The van der Waals surface area contributed by atoms with Gasteiger partial charge in [-0.15, -0.1) is 0 Å². The molecule has 2 heteroatoms. The molecule has 0 N–H and O–H groups in total. The molecule has 1 aromatic rings. The van der Waals surface area contributed by atoms with Crippen LogP contribution in [0.25, 0.3) is 5.57 Å². The summed E-state index contributed by atoms with van der Waals surface area (Å²) in [7, 11) is -1.86. The van der Waals surface area contributed by atoms with E-state index < -0.39 is 8.24 Å². The fourth-order valence-electron chi connectivity index (χ4n) is 12.1. The molecule has 0 aliphatic heterocycles. The smallest absolute Gasteiger partial charge is 0.127 e. The molecule has 0 radical (unpaired) electrons. The van der Waals surface area contributed by atoms with Crippen LogP contribution in [0.1, 0.15) is 170 Å². The molecule has 1 aromatic carbocycles. The van der Waals surface area contributed by atoms with Crippen LogP contribution in [-0.2, 0) is 16.2 Å². The molecule has 45 heavy (non-hydrogen) atoms. The fourth-order valence-corrected chi connectivity index (χ4v) is 18.6. The first-order valence-corrected chi connectivity index (χ1v) is 22.1. The molecule has 252 valence electrons. The quantitative estimate of drug-likeness (QED) is 0.259. The summed E-state index contributed by atoms with van der Waals surface area (Å²) in [6.45, 7) is 37.8. The Morgan fingerprint density at radius 2 is 1.29 bits per heavy atom. The van der Waals surface area contributed by atoms with Crippen molar-refractivity contribution in [3.63, 3.8) is 0 Å². The van der Waals surface area contributed by atoms with E-state index in [1.165, 1.54) is 57.8 Å². The maximum absolute atomic E-state index is 3.01. The van der Waals surface area contributed by atoms with Crippen molar-refractivity contribution in [1.82, 2.24) is 4.57 Å². The van der Waals surface area contributed by atoms with E-state index >= 15 is 0 Å². The third kappa shape index (κ3) is 5.72. The van der Waals surface area contributed by atoms with Gasteiger partial charge in [0, 0.05) is 16.5 Å². The topological polar surface area (TPSA) is 3.24 Å². The second-order valence-corrected chi connectivity index (χ2v) is 24.4. The number of hydrogen-bond donors (Lipinski definition) is 0. The van der Waals surface area contributed by atoms with Crippen LogP contribution < -0.4 is 0 Å².